The molecule has 1 aliphatic heterocycles. The minimum atomic E-state index is -0.568. The van der Waals surface area contributed by atoms with Crippen LogP contribution in [0.4, 0.5) is 5.69 Å². The van der Waals surface area contributed by atoms with E-state index in [0.29, 0.717) is 0 Å². The van der Waals surface area contributed by atoms with Gasteiger partial charge in [-0.15, -0.1) is 0 Å². The molecule has 8 nitrogen and oxygen atoms in total. The lowest BCUT2D eigenvalue weighted by Crippen LogP contribution is -2.34. The lowest BCUT2D eigenvalue weighted by Gasteiger charge is -2.15. The predicted molar refractivity (Wildman–Crippen MR) is 82.0 cm³/mol. The number of amides is 2. The van der Waals surface area contributed by atoms with Gasteiger partial charge in [0.1, 0.15) is 0 Å². The van der Waals surface area contributed by atoms with E-state index in [-0.39, 0.29) is 36.9 Å². The van der Waals surface area contributed by atoms with Gasteiger partial charge in [0.05, 0.1) is 4.92 Å². The van der Waals surface area contributed by atoms with Gasteiger partial charge in [0.15, 0.2) is 12.4 Å². The Balaban J connectivity index is 1.71. The van der Waals surface area contributed by atoms with Crippen molar-refractivity contribution in [2.24, 2.45) is 0 Å². The average molecular weight is 321 g/mol. The molecule has 1 saturated heterocycles. The molecule has 0 unspecified atom stereocenters. The zero-order chi connectivity index (χ0) is 16.7. The molecular formula is C15H19N3O5. The molecule has 124 valence electrons. The number of hydrogen-bond acceptors (Lipinski definition) is 5. The second-order valence-corrected chi connectivity index (χ2v) is 5.20. The normalized spacial score (nSPS) is 13.7. The quantitative estimate of drug-likeness (QED) is 0.598. The van der Waals surface area contributed by atoms with Gasteiger partial charge in [-0.3, -0.25) is 19.7 Å². The van der Waals surface area contributed by atoms with E-state index in [9.17, 15) is 19.7 Å². The Bertz CT molecular complexity index is 584. The number of nitro groups is 1. The van der Waals surface area contributed by atoms with Crippen molar-refractivity contribution in [1.82, 2.24) is 10.2 Å². The van der Waals surface area contributed by atoms with Crippen LogP contribution in [0.3, 0.4) is 0 Å². The second kappa shape index (κ2) is 8.11. The smallest absolute Gasteiger partial charge is 0.310 e. The van der Waals surface area contributed by atoms with Crippen LogP contribution in [-0.2, 0) is 9.59 Å². The molecule has 1 aromatic rings. The summed E-state index contributed by atoms with van der Waals surface area (Å²) in [5.74, 6) is -0.347. The van der Waals surface area contributed by atoms with E-state index in [0.717, 1.165) is 25.9 Å². The molecule has 0 atom stereocenters. The van der Waals surface area contributed by atoms with Gasteiger partial charge in [0, 0.05) is 32.1 Å². The molecule has 0 aromatic heterocycles. The molecule has 0 aliphatic carbocycles. The molecule has 1 aromatic carbocycles. The standard InChI is InChI=1S/C15H19N3O5/c19-14(16-8-7-15(20)17-9-3-4-10-17)11-23-13-6-2-1-5-12(13)18(21)22/h1-2,5-6H,3-4,7-11H2,(H,16,19). The first kappa shape index (κ1) is 16.7. The van der Waals surface area contributed by atoms with E-state index < -0.39 is 10.8 Å². The van der Waals surface area contributed by atoms with Gasteiger partial charge < -0.3 is 15.0 Å². The van der Waals surface area contributed by atoms with Crippen LogP contribution in [0.5, 0.6) is 5.75 Å². The van der Waals surface area contributed by atoms with Crippen LogP contribution < -0.4 is 10.1 Å². The summed E-state index contributed by atoms with van der Waals surface area (Å²) in [6.07, 6.45) is 2.31. The van der Waals surface area contributed by atoms with E-state index in [1.807, 2.05) is 0 Å². The highest BCUT2D eigenvalue weighted by atomic mass is 16.6. The van der Waals surface area contributed by atoms with Gasteiger partial charge in [0.2, 0.25) is 5.91 Å². The van der Waals surface area contributed by atoms with Crippen molar-refractivity contribution in [3.63, 3.8) is 0 Å². The molecule has 8 heteroatoms. The van der Waals surface area contributed by atoms with Crippen molar-refractivity contribution < 1.29 is 19.2 Å². The topological polar surface area (TPSA) is 102 Å². The third-order valence-electron chi connectivity index (χ3n) is 3.54. The maximum atomic E-state index is 11.8. The molecule has 0 bridgehead atoms. The highest BCUT2D eigenvalue weighted by Gasteiger charge is 2.18. The molecule has 2 rings (SSSR count). The fraction of sp³-hybridized carbons (Fsp3) is 0.467. The number of likely N-dealkylation sites (tertiary alicyclic amines) is 1. The Morgan fingerprint density at radius 3 is 2.65 bits per heavy atom. The maximum Gasteiger partial charge on any atom is 0.310 e. The fourth-order valence-electron chi connectivity index (χ4n) is 2.36. The van der Waals surface area contributed by atoms with Gasteiger partial charge in [-0.2, -0.15) is 0 Å². The lowest BCUT2D eigenvalue weighted by atomic mass is 10.3. The van der Waals surface area contributed by atoms with Crippen LogP contribution in [0.15, 0.2) is 24.3 Å². The zero-order valence-corrected chi connectivity index (χ0v) is 12.7. The van der Waals surface area contributed by atoms with Crippen LogP contribution in [0.25, 0.3) is 0 Å². The van der Waals surface area contributed by atoms with Gasteiger partial charge in [-0.1, -0.05) is 12.1 Å². The number of benzene rings is 1. The van der Waals surface area contributed by atoms with E-state index in [4.69, 9.17) is 4.74 Å². The first-order valence-electron chi connectivity index (χ1n) is 7.48. The van der Waals surface area contributed by atoms with E-state index >= 15 is 0 Å². The molecule has 23 heavy (non-hydrogen) atoms. The molecular weight excluding hydrogens is 302 g/mol. The number of ether oxygens (including phenoxy) is 1. The van der Waals surface area contributed by atoms with Gasteiger partial charge in [-0.05, 0) is 18.9 Å². The van der Waals surface area contributed by atoms with Crippen molar-refractivity contribution in [2.45, 2.75) is 19.3 Å². The van der Waals surface area contributed by atoms with Crippen LogP contribution >= 0.6 is 0 Å². The Morgan fingerprint density at radius 2 is 1.96 bits per heavy atom. The van der Waals surface area contributed by atoms with Crippen LogP contribution in [0.1, 0.15) is 19.3 Å². The molecule has 0 saturated carbocycles. The number of para-hydroxylation sites is 2. The number of nitrogens with one attached hydrogen (secondary N) is 1. The van der Waals surface area contributed by atoms with E-state index in [1.165, 1.54) is 18.2 Å². The first-order chi connectivity index (χ1) is 11.1. The monoisotopic (exact) mass is 321 g/mol. The predicted octanol–water partition coefficient (Wildman–Crippen LogP) is 1.10. The van der Waals surface area contributed by atoms with Crippen molar-refractivity contribution in [2.75, 3.05) is 26.2 Å². The van der Waals surface area contributed by atoms with Crippen molar-refractivity contribution in [3.8, 4) is 5.75 Å². The molecule has 0 spiro atoms. The number of carbonyl (C=O) groups is 2. The molecule has 2 amide bonds. The summed E-state index contributed by atoms with van der Waals surface area (Å²) >= 11 is 0. The number of rotatable bonds is 7. The summed E-state index contributed by atoms with van der Waals surface area (Å²) in [7, 11) is 0. The van der Waals surface area contributed by atoms with Crippen LogP contribution in [-0.4, -0.2) is 47.9 Å². The fourth-order valence-corrected chi connectivity index (χ4v) is 2.36. The number of carbonyl (C=O) groups excluding carboxylic acids is 2. The Morgan fingerprint density at radius 1 is 1.26 bits per heavy atom. The van der Waals surface area contributed by atoms with Gasteiger partial charge >= 0.3 is 5.69 Å². The van der Waals surface area contributed by atoms with Crippen molar-refractivity contribution >= 4 is 17.5 Å². The van der Waals surface area contributed by atoms with Crippen LogP contribution in [0.2, 0.25) is 0 Å². The van der Waals surface area contributed by atoms with Gasteiger partial charge in [-0.25, -0.2) is 0 Å². The molecule has 1 fully saturated rings. The number of nitro benzene ring substituents is 1. The number of hydrogen-bond donors (Lipinski definition) is 1. The Hall–Kier alpha value is -2.64. The zero-order valence-electron chi connectivity index (χ0n) is 12.7. The summed E-state index contributed by atoms with van der Waals surface area (Å²) in [5.41, 5.74) is -0.190. The van der Waals surface area contributed by atoms with Crippen molar-refractivity contribution in [3.05, 3.63) is 34.4 Å². The Kier molecular flexibility index (Phi) is 5.90. The summed E-state index contributed by atoms with van der Waals surface area (Å²) in [6.45, 7) is 1.47. The van der Waals surface area contributed by atoms with Crippen LogP contribution in [0, 0.1) is 10.1 Å². The maximum absolute atomic E-state index is 11.8. The van der Waals surface area contributed by atoms with Gasteiger partial charge in [0.25, 0.3) is 5.91 Å². The minimum Gasteiger partial charge on any atom is -0.477 e. The summed E-state index contributed by atoms with van der Waals surface area (Å²) < 4.78 is 5.17. The second-order valence-electron chi connectivity index (χ2n) is 5.20. The largest absolute Gasteiger partial charge is 0.477 e. The lowest BCUT2D eigenvalue weighted by molar-refractivity contribution is -0.385. The third-order valence-corrected chi connectivity index (χ3v) is 3.54. The average Bonchev–Trinajstić information content (AvgIpc) is 3.07. The summed E-state index contributed by atoms with van der Waals surface area (Å²) in [5, 5.41) is 13.4. The van der Waals surface area contributed by atoms with Crippen molar-refractivity contribution in [1.29, 1.82) is 0 Å². The molecule has 1 heterocycles. The molecule has 1 N–H and O–H groups in total. The van der Waals surface area contributed by atoms with E-state index in [2.05, 4.69) is 5.32 Å². The van der Waals surface area contributed by atoms with E-state index in [1.54, 1.807) is 11.0 Å². The summed E-state index contributed by atoms with van der Waals surface area (Å²) in [4.78, 5) is 35.5. The minimum absolute atomic E-state index is 0.0300. The third kappa shape index (κ3) is 4.94. The number of nitrogens with zero attached hydrogens (tertiary/aromatic N) is 2. The summed E-state index contributed by atoms with van der Waals surface area (Å²) in [6, 6.07) is 5.86. The highest BCUT2D eigenvalue weighted by molar-refractivity contribution is 5.80. The molecule has 0 radical (unpaired) electrons. The highest BCUT2D eigenvalue weighted by Crippen LogP contribution is 2.25. The SMILES string of the molecule is O=C(COc1ccccc1[N+](=O)[O-])NCCC(=O)N1CCCC1. The first-order valence-corrected chi connectivity index (χ1v) is 7.48. The Labute approximate surface area is 133 Å². The molecule has 1 aliphatic rings.